The molecule has 3 nitrogen and oxygen atoms in total. The lowest BCUT2D eigenvalue weighted by atomic mass is 10.1. The van der Waals surface area contributed by atoms with E-state index in [-0.39, 0.29) is 6.10 Å². The van der Waals surface area contributed by atoms with Gasteiger partial charge >= 0.3 is 0 Å². The largest absolute Gasteiger partial charge is 0.490 e. The van der Waals surface area contributed by atoms with Crippen LogP contribution in [0.3, 0.4) is 0 Å². The molecule has 1 aliphatic rings. The van der Waals surface area contributed by atoms with Gasteiger partial charge in [-0.15, -0.1) is 11.6 Å². The number of ether oxygens (including phenoxy) is 3. The van der Waals surface area contributed by atoms with Gasteiger partial charge in [0.15, 0.2) is 11.5 Å². The molecule has 1 atom stereocenters. The third-order valence-corrected chi connectivity index (χ3v) is 4.11. The number of benzene rings is 1. The lowest BCUT2D eigenvalue weighted by Gasteiger charge is -2.23. The zero-order valence-corrected chi connectivity index (χ0v) is 14.0. The maximum atomic E-state index is 5.92. The summed E-state index contributed by atoms with van der Waals surface area (Å²) in [4.78, 5) is 0. The Balaban J connectivity index is 2.08. The van der Waals surface area contributed by atoms with Crippen LogP contribution in [-0.2, 0) is 10.6 Å². The van der Waals surface area contributed by atoms with Gasteiger partial charge in [0.05, 0.1) is 17.2 Å². The fourth-order valence-corrected chi connectivity index (χ4v) is 2.97. The predicted octanol–water partition coefficient (Wildman–Crippen LogP) is 4.53. The van der Waals surface area contributed by atoms with E-state index < -0.39 is 0 Å². The first kappa shape index (κ1) is 15.9. The summed E-state index contributed by atoms with van der Waals surface area (Å²) in [5.74, 6) is 1.91. The molecule has 1 saturated heterocycles. The smallest absolute Gasteiger partial charge is 0.175 e. The van der Waals surface area contributed by atoms with Crippen LogP contribution in [0.1, 0.15) is 31.7 Å². The summed E-state index contributed by atoms with van der Waals surface area (Å²) in [7, 11) is 0. The van der Waals surface area contributed by atoms with E-state index in [4.69, 9.17) is 25.8 Å². The van der Waals surface area contributed by atoms with Gasteiger partial charge in [0.25, 0.3) is 0 Å². The molecule has 0 saturated carbocycles. The fourth-order valence-electron chi connectivity index (χ4n) is 2.22. The number of alkyl halides is 1. The number of halogens is 2. The molecule has 0 N–H and O–H groups in total. The van der Waals surface area contributed by atoms with Crippen molar-refractivity contribution in [1.82, 2.24) is 0 Å². The Hall–Kier alpha value is -0.450. The fraction of sp³-hybridized carbons (Fsp3) is 0.600. The highest BCUT2D eigenvalue weighted by Crippen LogP contribution is 2.37. The molecule has 112 valence electrons. The lowest BCUT2D eigenvalue weighted by molar-refractivity contribution is -0.0117. The van der Waals surface area contributed by atoms with Crippen molar-refractivity contribution in [1.29, 1.82) is 0 Å². The molecule has 1 aliphatic heterocycles. The van der Waals surface area contributed by atoms with Crippen molar-refractivity contribution in [3.63, 3.8) is 0 Å². The highest BCUT2D eigenvalue weighted by Gasteiger charge is 2.17. The molecule has 20 heavy (non-hydrogen) atoms. The van der Waals surface area contributed by atoms with Crippen LogP contribution < -0.4 is 9.47 Å². The molecule has 0 amide bonds. The average Bonchev–Trinajstić information content (AvgIpc) is 2.47. The quantitative estimate of drug-likeness (QED) is 0.695. The van der Waals surface area contributed by atoms with Crippen molar-refractivity contribution in [2.75, 3.05) is 19.8 Å². The average molecular weight is 364 g/mol. The van der Waals surface area contributed by atoms with Gasteiger partial charge in [-0.3, -0.25) is 0 Å². The molecule has 1 unspecified atom stereocenters. The summed E-state index contributed by atoms with van der Waals surface area (Å²) < 4.78 is 18.1. The molecule has 2 rings (SSSR count). The molecule has 0 spiro atoms. The molecule has 1 aromatic carbocycles. The van der Waals surface area contributed by atoms with Gasteiger partial charge in [-0.05, 0) is 59.8 Å². The number of hydrogen-bond acceptors (Lipinski definition) is 3. The lowest BCUT2D eigenvalue weighted by Crippen LogP contribution is -2.26. The second kappa shape index (κ2) is 8.11. The van der Waals surface area contributed by atoms with Gasteiger partial charge in [0, 0.05) is 12.5 Å². The molecule has 0 bridgehead atoms. The van der Waals surface area contributed by atoms with E-state index in [0.29, 0.717) is 19.1 Å². The highest BCUT2D eigenvalue weighted by molar-refractivity contribution is 9.10. The van der Waals surface area contributed by atoms with Gasteiger partial charge in [-0.2, -0.15) is 0 Å². The minimum Gasteiger partial charge on any atom is -0.490 e. The van der Waals surface area contributed by atoms with E-state index in [2.05, 4.69) is 15.9 Å². The van der Waals surface area contributed by atoms with Gasteiger partial charge in [0.1, 0.15) is 6.61 Å². The first-order chi connectivity index (χ1) is 9.74. The molecule has 5 heteroatoms. The summed E-state index contributed by atoms with van der Waals surface area (Å²) >= 11 is 9.41. The standard InChI is InChI=1S/C15H20BrClO3/c1-2-18-14-8-11(9-17)7-13(16)15(14)20-10-12-5-3-4-6-19-12/h7-8,12H,2-6,9-10H2,1H3. The zero-order chi connectivity index (χ0) is 14.4. The van der Waals surface area contributed by atoms with Crippen LogP contribution in [0.25, 0.3) is 0 Å². The Morgan fingerprint density at radius 1 is 1.35 bits per heavy atom. The van der Waals surface area contributed by atoms with Gasteiger partial charge in [-0.1, -0.05) is 0 Å². The first-order valence-electron chi connectivity index (χ1n) is 7.00. The van der Waals surface area contributed by atoms with E-state index in [1.165, 1.54) is 6.42 Å². The summed E-state index contributed by atoms with van der Waals surface area (Å²) in [5.41, 5.74) is 1.00. The molecule has 1 heterocycles. The van der Waals surface area contributed by atoms with Crippen LogP contribution in [0, 0.1) is 0 Å². The van der Waals surface area contributed by atoms with Crippen molar-refractivity contribution >= 4 is 27.5 Å². The van der Waals surface area contributed by atoms with Crippen LogP contribution in [0.4, 0.5) is 0 Å². The minimum atomic E-state index is 0.179. The van der Waals surface area contributed by atoms with E-state index in [9.17, 15) is 0 Å². The summed E-state index contributed by atoms with van der Waals surface area (Å²) in [5, 5.41) is 0. The summed E-state index contributed by atoms with van der Waals surface area (Å²) in [6.07, 6.45) is 3.59. The Morgan fingerprint density at radius 2 is 2.20 bits per heavy atom. The minimum absolute atomic E-state index is 0.179. The SMILES string of the molecule is CCOc1cc(CCl)cc(Br)c1OCC1CCCCO1. The Bertz CT molecular complexity index is 433. The van der Waals surface area contributed by atoms with Crippen LogP contribution in [0.5, 0.6) is 11.5 Å². The van der Waals surface area contributed by atoms with Crippen LogP contribution >= 0.6 is 27.5 Å². The molecule has 1 aromatic rings. The second-order valence-electron chi connectivity index (χ2n) is 4.77. The van der Waals surface area contributed by atoms with Crippen molar-refractivity contribution in [3.8, 4) is 11.5 Å². The van der Waals surface area contributed by atoms with Crippen molar-refractivity contribution < 1.29 is 14.2 Å². The van der Waals surface area contributed by atoms with E-state index >= 15 is 0 Å². The van der Waals surface area contributed by atoms with Crippen LogP contribution in [-0.4, -0.2) is 25.9 Å². The third kappa shape index (κ3) is 4.27. The predicted molar refractivity (Wildman–Crippen MR) is 84.0 cm³/mol. The summed E-state index contributed by atoms with van der Waals surface area (Å²) in [6.45, 7) is 3.93. The first-order valence-corrected chi connectivity index (χ1v) is 8.33. The maximum Gasteiger partial charge on any atom is 0.175 e. The topological polar surface area (TPSA) is 27.7 Å². The highest BCUT2D eigenvalue weighted by atomic mass is 79.9. The van der Waals surface area contributed by atoms with Gasteiger partial charge in [-0.25, -0.2) is 0 Å². The second-order valence-corrected chi connectivity index (χ2v) is 5.89. The van der Waals surface area contributed by atoms with Crippen LogP contribution in [0.15, 0.2) is 16.6 Å². The van der Waals surface area contributed by atoms with E-state index in [1.54, 1.807) is 0 Å². The monoisotopic (exact) mass is 362 g/mol. The molecule has 0 aliphatic carbocycles. The third-order valence-electron chi connectivity index (χ3n) is 3.21. The van der Waals surface area contributed by atoms with Crippen LogP contribution in [0.2, 0.25) is 0 Å². The Morgan fingerprint density at radius 3 is 2.85 bits per heavy atom. The van der Waals surface area contributed by atoms with E-state index in [1.807, 2.05) is 19.1 Å². The molecule has 1 fully saturated rings. The number of hydrogen-bond donors (Lipinski definition) is 0. The Kier molecular flexibility index (Phi) is 6.46. The zero-order valence-electron chi connectivity index (χ0n) is 11.7. The number of rotatable bonds is 6. The van der Waals surface area contributed by atoms with E-state index in [0.717, 1.165) is 41.0 Å². The molecule has 0 radical (unpaired) electrons. The van der Waals surface area contributed by atoms with Crippen molar-refractivity contribution in [2.45, 2.75) is 38.2 Å². The molecular weight excluding hydrogens is 344 g/mol. The molecular formula is C15H20BrClO3. The van der Waals surface area contributed by atoms with Crippen molar-refractivity contribution in [3.05, 3.63) is 22.2 Å². The normalized spacial score (nSPS) is 18.9. The molecule has 0 aromatic heterocycles. The summed E-state index contributed by atoms with van der Waals surface area (Å²) in [6, 6.07) is 3.89. The van der Waals surface area contributed by atoms with Gasteiger partial charge < -0.3 is 14.2 Å². The van der Waals surface area contributed by atoms with Gasteiger partial charge in [0.2, 0.25) is 0 Å². The van der Waals surface area contributed by atoms with Crippen molar-refractivity contribution in [2.24, 2.45) is 0 Å². The maximum absolute atomic E-state index is 5.92. The Labute approximate surface area is 133 Å².